The van der Waals surface area contributed by atoms with E-state index in [0.717, 1.165) is 6.20 Å². The predicted octanol–water partition coefficient (Wildman–Crippen LogP) is 2.87. The number of aromatic nitrogens is 1. The summed E-state index contributed by atoms with van der Waals surface area (Å²) in [6.45, 7) is 1.80. The second-order valence-corrected chi connectivity index (χ2v) is 4.16. The average molecular weight is 359 g/mol. The van der Waals surface area contributed by atoms with Crippen molar-refractivity contribution >= 4 is 28.6 Å². The quantitative estimate of drug-likeness (QED) is 0.613. The van der Waals surface area contributed by atoms with Gasteiger partial charge in [0.15, 0.2) is 0 Å². The fraction of sp³-hybridized carbons (Fsp3) is 0.400. The Balaban J connectivity index is 2.96. The number of hydrogen-bond donors (Lipinski definition) is 0. The Kier molecular flexibility index (Phi) is 5.16. The van der Waals surface area contributed by atoms with Crippen molar-refractivity contribution in [3.63, 3.8) is 0 Å². The van der Waals surface area contributed by atoms with Crippen LogP contribution in [0.2, 0.25) is 0 Å². The summed E-state index contributed by atoms with van der Waals surface area (Å²) in [5.41, 5.74) is -0.659. The van der Waals surface area contributed by atoms with E-state index in [-0.39, 0.29) is 22.2 Å². The Morgan fingerprint density at radius 2 is 2.24 bits per heavy atom. The highest BCUT2D eigenvalue weighted by molar-refractivity contribution is 14.1. The lowest BCUT2D eigenvalue weighted by atomic mass is 10.2. The van der Waals surface area contributed by atoms with Gasteiger partial charge in [-0.3, -0.25) is 9.78 Å². The summed E-state index contributed by atoms with van der Waals surface area (Å²) < 4.78 is 42.8. The first kappa shape index (κ1) is 14.2. The van der Waals surface area contributed by atoms with E-state index in [4.69, 9.17) is 0 Å². The summed E-state index contributed by atoms with van der Waals surface area (Å²) in [6.07, 6.45) is -2.21. The van der Waals surface area contributed by atoms with Crippen molar-refractivity contribution in [2.75, 3.05) is 6.61 Å². The molecule has 0 N–H and O–H groups in total. The molecule has 3 nitrogen and oxygen atoms in total. The molecule has 0 spiro atoms. The molecule has 0 aliphatic rings. The van der Waals surface area contributed by atoms with Crippen LogP contribution in [0.25, 0.3) is 0 Å². The summed E-state index contributed by atoms with van der Waals surface area (Å²) in [4.78, 5) is 14.6. The lowest BCUT2D eigenvalue weighted by Crippen LogP contribution is -2.11. The van der Waals surface area contributed by atoms with Gasteiger partial charge in [-0.1, -0.05) is 0 Å². The smallest absolute Gasteiger partial charge is 0.310 e. The van der Waals surface area contributed by atoms with Crippen LogP contribution in [0.5, 0.6) is 0 Å². The molecule has 94 valence electrons. The molecule has 0 fully saturated rings. The molecule has 7 heteroatoms. The Bertz CT molecular complexity index is 426. The van der Waals surface area contributed by atoms with Crippen LogP contribution in [0, 0.1) is 9.39 Å². The fourth-order valence-corrected chi connectivity index (χ4v) is 1.88. The number of hydrogen-bond acceptors (Lipinski definition) is 3. The molecule has 0 radical (unpaired) electrons. The van der Waals surface area contributed by atoms with Crippen LogP contribution in [-0.4, -0.2) is 17.6 Å². The zero-order valence-electron chi connectivity index (χ0n) is 8.84. The molecule has 0 amide bonds. The summed E-state index contributed by atoms with van der Waals surface area (Å²) >= 11 is 1.44. The Labute approximate surface area is 110 Å². The van der Waals surface area contributed by atoms with Gasteiger partial charge in [0.05, 0.1) is 16.6 Å². The molecule has 1 rings (SSSR count). The SMILES string of the molecule is CCOC(=O)Cc1cnc(C(F)F)c(I)c1F. The second-order valence-electron chi connectivity index (χ2n) is 3.08. The molecular formula is C10H9F3INO2. The second kappa shape index (κ2) is 6.18. The lowest BCUT2D eigenvalue weighted by molar-refractivity contribution is -0.142. The van der Waals surface area contributed by atoms with Gasteiger partial charge in [-0.05, 0) is 29.5 Å². The summed E-state index contributed by atoms with van der Waals surface area (Å²) in [6, 6.07) is 0. The number of nitrogens with zero attached hydrogens (tertiary/aromatic N) is 1. The first-order valence-electron chi connectivity index (χ1n) is 4.73. The van der Waals surface area contributed by atoms with E-state index in [2.05, 4.69) is 9.72 Å². The zero-order valence-corrected chi connectivity index (χ0v) is 11.0. The van der Waals surface area contributed by atoms with Gasteiger partial charge in [-0.2, -0.15) is 0 Å². The molecule has 0 aliphatic heterocycles. The first-order chi connectivity index (χ1) is 7.97. The summed E-state index contributed by atoms with van der Waals surface area (Å²) in [5, 5.41) is 0. The van der Waals surface area contributed by atoms with E-state index >= 15 is 0 Å². The van der Waals surface area contributed by atoms with E-state index < -0.39 is 23.9 Å². The molecule has 0 saturated carbocycles. The van der Waals surface area contributed by atoms with Gasteiger partial charge in [0.1, 0.15) is 11.5 Å². The minimum absolute atomic E-state index is 0.0442. The van der Waals surface area contributed by atoms with Crippen molar-refractivity contribution in [3.05, 3.63) is 26.8 Å². The molecule has 0 saturated heterocycles. The van der Waals surface area contributed by atoms with Crippen molar-refractivity contribution in [1.29, 1.82) is 0 Å². The maximum absolute atomic E-state index is 13.6. The predicted molar refractivity (Wildman–Crippen MR) is 62.2 cm³/mol. The molecule has 0 atom stereocenters. The largest absolute Gasteiger partial charge is 0.466 e. The van der Waals surface area contributed by atoms with Gasteiger partial charge in [-0.15, -0.1) is 0 Å². The van der Waals surface area contributed by atoms with E-state index in [1.807, 2.05) is 0 Å². The molecular weight excluding hydrogens is 350 g/mol. The first-order valence-corrected chi connectivity index (χ1v) is 5.81. The molecule has 0 aromatic carbocycles. The normalized spacial score (nSPS) is 10.7. The van der Waals surface area contributed by atoms with E-state index in [1.54, 1.807) is 6.92 Å². The molecule has 0 bridgehead atoms. The van der Waals surface area contributed by atoms with Gasteiger partial charge in [0, 0.05) is 11.8 Å². The van der Waals surface area contributed by atoms with Crippen LogP contribution < -0.4 is 0 Å². The van der Waals surface area contributed by atoms with E-state index in [1.165, 1.54) is 22.6 Å². The van der Waals surface area contributed by atoms with Crippen LogP contribution in [0.4, 0.5) is 13.2 Å². The summed E-state index contributed by atoms with van der Waals surface area (Å²) in [7, 11) is 0. The van der Waals surface area contributed by atoms with E-state index in [0.29, 0.717) is 0 Å². The van der Waals surface area contributed by atoms with Crippen molar-refractivity contribution in [2.24, 2.45) is 0 Å². The standard InChI is InChI=1S/C10H9F3INO2/c1-2-17-6(16)3-5-4-15-9(10(12)13)8(14)7(5)11/h4,10H,2-3H2,1H3. The average Bonchev–Trinajstić information content (AvgIpc) is 2.25. The van der Waals surface area contributed by atoms with Crippen LogP contribution in [-0.2, 0) is 16.0 Å². The number of rotatable bonds is 4. The minimum Gasteiger partial charge on any atom is -0.466 e. The van der Waals surface area contributed by atoms with Gasteiger partial charge >= 0.3 is 5.97 Å². The number of ether oxygens (including phenoxy) is 1. The highest BCUT2D eigenvalue weighted by Crippen LogP contribution is 2.26. The van der Waals surface area contributed by atoms with Gasteiger partial charge < -0.3 is 4.74 Å². The molecule has 1 aromatic rings. The molecule has 1 aromatic heterocycles. The highest BCUT2D eigenvalue weighted by Gasteiger charge is 2.20. The van der Waals surface area contributed by atoms with Crippen molar-refractivity contribution < 1.29 is 22.7 Å². The van der Waals surface area contributed by atoms with Gasteiger partial charge in [0.2, 0.25) is 0 Å². The number of halogens is 4. The van der Waals surface area contributed by atoms with E-state index in [9.17, 15) is 18.0 Å². The molecule has 0 aliphatic carbocycles. The monoisotopic (exact) mass is 359 g/mol. The number of alkyl halides is 2. The molecule has 1 heterocycles. The number of esters is 1. The van der Waals surface area contributed by atoms with Crippen LogP contribution >= 0.6 is 22.6 Å². The molecule has 0 unspecified atom stereocenters. The van der Waals surface area contributed by atoms with Crippen molar-refractivity contribution in [2.45, 2.75) is 19.8 Å². The maximum atomic E-state index is 13.6. The number of carbonyl (C=O) groups is 1. The Morgan fingerprint density at radius 3 is 2.76 bits per heavy atom. The third-order valence-corrected chi connectivity index (χ3v) is 2.93. The minimum atomic E-state index is -2.84. The maximum Gasteiger partial charge on any atom is 0.310 e. The number of pyridine rings is 1. The Hall–Kier alpha value is -0.860. The third-order valence-electron chi connectivity index (χ3n) is 1.91. The summed E-state index contributed by atoms with van der Waals surface area (Å²) in [5.74, 6) is -1.46. The third kappa shape index (κ3) is 3.55. The zero-order chi connectivity index (χ0) is 13.0. The highest BCUT2D eigenvalue weighted by atomic mass is 127. The fourth-order valence-electron chi connectivity index (χ4n) is 1.16. The lowest BCUT2D eigenvalue weighted by Gasteiger charge is -2.07. The molecule has 17 heavy (non-hydrogen) atoms. The van der Waals surface area contributed by atoms with Gasteiger partial charge in [-0.25, -0.2) is 13.2 Å². The van der Waals surface area contributed by atoms with Crippen molar-refractivity contribution in [1.82, 2.24) is 4.98 Å². The van der Waals surface area contributed by atoms with Gasteiger partial charge in [0.25, 0.3) is 6.43 Å². The number of carbonyl (C=O) groups excluding carboxylic acids is 1. The van der Waals surface area contributed by atoms with Crippen LogP contribution in [0.1, 0.15) is 24.6 Å². The van der Waals surface area contributed by atoms with Crippen molar-refractivity contribution in [3.8, 4) is 0 Å². The van der Waals surface area contributed by atoms with Crippen LogP contribution in [0.15, 0.2) is 6.20 Å². The van der Waals surface area contributed by atoms with Crippen LogP contribution in [0.3, 0.4) is 0 Å². The Morgan fingerprint density at radius 1 is 1.59 bits per heavy atom. The topological polar surface area (TPSA) is 39.2 Å².